The summed E-state index contributed by atoms with van der Waals surface area (Å²) in [5.74, 6) is 0. The smallest absolute Gasteiger partial charge is 0.389 e. The molecule has 3 N–H and O–H groups in total. The maximum Gasteiger partial charge on any atom is 0.389 e. The van der Waals surface area contributed by atoms with Gasteiger partial charge < -0.3 is 15.7 Å². The number of halogens is 3. The summed E-state index contributed by atoms with van der Waals surface area (Å²) in [6.07, 6.45) is -5.31. The number of rotatable bonds is 7. The van der Waals surface area contributed by atoms with Gasteiger partial charge in [-0.25, -0.2) is 4.79 Å². The van der Waals surface area contributed by atoms with Gasteiger partial charge in [0, 0.05) is 18.7 Å². The second-order valence-corrected chi connectivity index (χ2v) is 6.80. The van der Waals surface area contributed by atoms with E-state index in [-0.39, 0.29) is 11.8 Å². The zero-order valence-electron chi connectivity index (χ0n) is 14.2. The number of urea groups is 1. The Labute approximate surface area is 140 Å². The lowest BCUT2D eigenvalue weighted by atomic mass is 9.87. The van der Waals surface area contributed by atoms with E-state index in [0.29, 0.717) is 24.2 Å². The number of alkyl halides is 3. The summed E-state index contributed by atoms with van der Waals surface area (Å²) in [4.78, 5) is 12.0. The predicted octanol–water partition coefficient (Wildman–Crippen LogP) is 4.10. The van der Waals surface area contributed by atoms with E-state index in [4.69, 9.17) is 0 Å². The largest absolute Gasteiger partial charge is 0.393 e. The van der Waals surface area contributed by atoms with Crippen molar-refractivity contribution in [2.45, 2.75) is 52.3 Å². The summed E-state index contributed by atoms with van der Waals surface area (Å²) in [5, 5.41) is 14.7. The molecule has 0 radical (unpaired) electrons. The van der Waals surface area contributed by atoms with Gasteiger partial charge in [-0.1, -0.05) is 32.0 Å². The summed E-state index contributed by atoms with van der Waals surface area (Å²) < 4.78 is 37.1. The Bertz CT molecular complexity index is 543. The Hall–Kier alpha value is -1.76. The molecule has 24 heavy (non-hydrogen) atoms. The zero-order valence-corrected chi connectivity index (χ0v) is 14.2. The van der Waals surface area contributed by atoms with E-state index in [9.17, 15) is 23.1 Å². The molecule has 136 valence electrons. The van der Waals surface area contributed by atoms with E-state index in [2.05, 4.69) is 10.6 Å². The molecule has 7 heteroatoms. The molecule has 1 atom stereocenters. The molecule has 0 spiro atoms. The first-order chi connectivity index (χ1) is 11.0. The van der Waals surface area contributed by atoms with Crippen LogP contribution in [0.3, 0.4) is 0 Å². The molecule has 1 aromatic rings. The number of carbonyl (C=O) groups excluding carboxylic acids is 1. The number of aliphatic hydroxyl groups excluding tert-OH is 1. The minimum Gasteiger partial charge on any atom is -0.393 e. The third-order valence-electron chi connectivity index (χ3n) is 3.52. The lowest BCUT2D eigenvalue weighted by Crippen LogP contribution is -2.38. The average Bonchev–Trinajstić information content (AvgIpc) is 2.42. The highest BCUT2D eigenvalue weighted by molar-refractivity contribution is 5.90. The Balaban J connectivity index is 2.61. The summed E-state index contributed by atoms with van der Waals surface area (Å²) in [6.45, 7) is 5.85. The van der Waals surface area contributed by atoms with Crippen molar-refractivity contribution in [3.8, 4) is 0 Å². The van der Waals surface area contributed by atoms with Crippen molar-refractivity contribution in [3.05, 3.63) is 29.8 Å². The second-order valence-electron chi connectivity index (χ2n) is 6.80. The molecule has 0 aliphatic rings. The Morgan fingerprint density at radius 3 is 2.46 bits per heavy atom. The summed E-state index contributed by atoms with van der Waals surface area (Å²) >= 11 is 0. The van der Waals surface area contributed by atoms with Gasteiger partial charge in [0.15, 0.2) is 0 Å². The molecule has 0 bridgehead atoms. The van der Waals surface area contributed by atoms with Gasteiger partial charge in [-0.2, -0.15) is 13.2 Å². The van der Waals surface area contributed by atoms with Crippen LogP contribution >= 0.6 is 0 Å². The molecular formula is C17H25F3N2O2. The minimum absolute atomic E-state index is 0.187. The second kappa shape index (κ2) is 8.37. The van der Waals surface area contributed by atoms with E-state index in [1.54, 1.807) is 31.2 Å². The molecule has 1 unspecified atom stereocenters. The van der Waals surface area contributed by atoms with Crippen LogP contribution in [-0.4, -0.2) is 30.0 Å². The zero-order chi connectivity index (χ0) is 18.4. The van der Waals surface area contributed by atoms with Crippen molar-refractivity contribution in [2.24, 2.45) is 5.41 Å². The molecule has 2 amide bonds. The standard InChI is InChI=1S/C17H25F3N2O2/c1-12(23)10-16(2,3)11-21-15(24)22-14-7-5-4-6-13(14)8-9-17(18,19)20/h4-7,12,23H,8-11H2,1-3H3,(H2,21,22,24). The first-order valence-corrected chi connectivity index (χ1v) is 7.86. The summed E-state index contributed by atoms with van der Waals surface area (Å²) in [5.41, 5.74) is 0.516. The molecule has 4 nitrogen and oxygen atoms in total. The van der Waals surface area contributed by atoms with Crippen LogP contribution in [0.4, 0.5) is 23.7 Å². The van der Waals surface area contributed by atoms with Gasteiger partial charge in [0.1, 0.15) is 0 Å². The Kier molecular flexibility index (Phi) is 7.08. The van der Waals surface area contributed by atoms with Gasteiger partial charge >= 0.3 is 12.2 Å². The fraction of sp³-hybridized carbons (Fsp3) is 0.588. The number of para-hydroxylation sites is 1. The number of benzene rings is 1. The number of amides is 2. The van der Waals surface area contributed by atoms with E-state index < -0.39 is 24.7 Å². The highest BCUT2D eigenvalue weighted by Crippen LogP contribution is 2.25. The number of nitrogens with one attached hydrogen (secondary N) is 2. The van der Waals surface area contributed by atoms with Crippen molar-refractivity contribution >= 4 is 11.7 Å². The van der Waals surface area contributed by atoms with Gasteiger partial charge in [0.2, 0.25) is 0 Å². The number of aliphatic hydroxyl groups is 1. The van der Waals surface area contributed by atoms with Crippen LogP contribution in [0.5, 0.6) is 0 Å². The third kappa shape index (κ3) is 8.19. The number of hydrogen-bond donors (Lipinski definition) is 3. The van der Waals surface area contributed by atoms with Crippen LogP contribution in [0.15, 0.2) is 24.3 Å². The Morgan fingerprint density at radius 2 is 1.88 bits per heavy atom. The molecule has 0 saturated heterocycles. The molecule has 0 aliphatic carbocycles. The average molecular weight is 346 g/mol. The van der Waals surface area contributed by atoms with Gasteiger partial charge in [0.05, 0.1) is 6.10 Å². The predicted molar refractivity (Wildman–Crippen MR) is 87.9 cm³/mol. The van der Waals surface area contributed by atoms with Crippen LogP contribution in [0, 0.1) is 5.41 Å². The normalized spacial score (nSPS) is 13.5. The van der Waals surface area contributed by atoms with Crippen molar-refractivity contribution < 1.29 is 23.1 Å². The molecule has 0 saturated carbocycles. The van der Waals surface area contributed by atoms with Crippen LogP contribution in [0.2, 0.25) is 0 Å². The molecule has 1 aromatic carbocycles. The summed E-state index contributed by atoms with van der Waals surface area (Å²) in [7, 11) is 0. The van der Waals surface area contributed by atoms with Crippen molar-refractivity contribution in [1.82, 2.24) is 5.32 Å². The quantitative estimate of drug-likeness (QED) is 0.696. The first kappa shape index (κ1) is 20.3. The van der Waals surface area contributed by atoms with Crippen molar-refractivity contribution in [2.75, 3.05) is 11.9 Å². The molecular weight excluding hydrogens is 321 g/mol. The van der Waals surface area contributed by atoms with Gasteiger partial charge in [-0.3, -0.25) is 0 Å². The van der Waals surface area contributed by atoms with E-state index in [1.807, 2.05) is 13.8 Å². The summed E-state index contributed by atoms with van der Waals surface area (Å²) in [6, 6.07) is 5.96. The van der Waals surface area contributed by atoms with Gasteiger partial charge in [0.25, 0.3) is 0 Å². The van der Waals surface area contributed by atoms with Crippen LogP contribution in [0.1, 0.15) is 39.2 Å². The van der Waals surface area contributed by atoms with Gasteiger partial charge in [-0.05, 0) is 36.8 Å². The molecule has 0 aliphatic heterocycles. The fourth-order valence-electron chi connectivity index (χ4n) is 2.49. The highest BCUT2D eigenvalue weighted by Gasteiger charge is 2.27. The monoisotopic (exact) mass is 346 g/mol. The first-order valence-electron chi connectivity index (χ1n) is 7.86. The number of hydrogen-bond acceptors (Lipinski definition) is 2. The number of aryl methyl sites for hydroxylation is 1. The molecule has 0 heterocycles. The topological polar surface area (TPSA) is 61.4 Å². The minimum atomic E-state index is -4.24. The maximum atomic E-state index is 12.4. The van der Waals surface area contributed by atoms with Crippen LogP contribution < -0.4 is 10.6 Å². The van der Waals surface area contributed by atoms with Crippen LogP contribution in [0.25, 0.3) is 0 Å². The number of anilines is 1. The van der Waals surface area contributed by atoms with Gasteiger partial charge in [-0.15, -0.1) is 0 Å². The maximum absolute atomic E-state index is 12.4. The SMILES string of the molecule is CC(O)CC(C)(C)CNC(=O)Nc1ccccc1CCC(F)(F)F. The van der Waals surface area contributed by atoms with Crippen molar-refractivity contribution in [3.63, 3.8) is 0 Å². The number of carbonyl (C=O) groups is 1. The fourth-order valence-corrected chi connectivity index (χ4v) is 2.49. The lowest BCUT2D eigenvalue weighted by Gasteiger charge is -2.26. The lowest BCUT2D eigenvalue weighted by molar-refractivity contribution is -0.133. The highest BCUT2D eigenvalue weighted by atomic mass is 19.4. The van der Waals surface area contributed by atoms with E-state index >= 15 is 0 Å². The van der Waals surface area contributed by atoms with E-state index in [1.165, 1.54) is 0 Å². The van der Waals surface area contributed by atoms with Crippen LogP contribution in [-0.2, 0) is 6.42 Å². The molecule has 1 rings (SSSR count). The third-order valence-corrected chi connectivity index (χ3v) is 3.52. The van der Waals surface area contributed by atoms with E-state index in [0.717, 1.165) is 0 Å². The molecule has 0 fully saturated rings. The van der Waals surface area contributed by atoms with Crippen molar-refractivity contribution in [1.29, 1.82) is 0 Å². The Morgan fingerprint density at radius 1 is 1.25 bits per heavy atom. The molecule has 0 aromatic heterocycles.